The van der Waals surface area contributed by atoms with E-state index in [2.05, 4.69) is 33.1 Å². The maximum atomic E-state index is 13.5. The molecule has 1 amide bonds. The fourth-order valence-corrected chi connectivity index (χ4v) is 5.01. The minimum Gasteiger partial charge on any atom is -0.495 e. The molecule has 2 aromatic carbocycles. The molecule has 1 aliphatic carbocycles. The van der Waals surface area contributed by atoms with E-state index >= 15 is 0 Å². The summed E-state index contributed by atoms with van der Waals surface area (Å²) in [7, 11) is 5.01. The summed E-state index contributed by atoms with van der Waals surface area (Å²) in [5.74, 6) is 6.09. The van der Waals surface area contributed by atoms with E-state index in [1.54, 1.807) is 43.4 Å². The standard InChI is InChI=1S/C29H34F3N5O2.2CH4/c1-33-20-10-12-21(13-11-20)36-24-7-4-8-26-23(24)17-22(37(26)18-29(30,31)32)6-5-15-35-25-14-9-19(28(38)34-2)16-27(25)39-3;;/h4,7-9,14,16-17,20-21,33,35-36H,10-13,15,18H2,1-3H3,(H,34,38);2*1H4. The van der Waals surface area contributed by atoms with Crippen molar-refractivity contribution in [2.24, 2.45) is 0 Å². The highest BCUT2D eigenvalue weighted by molar-refractivity contribution is 5.95. The average molecular weight is 574 g/mol. The Balaban J connectivity index is 0.00000294. The van der Waals surface area contributed by atoms with Crippen molar-refractivity contribution < 1.29 is 22.7 Å². The number of anilines is 2. The summed E-state index contributed by atoms with van der Waals surface area (Å²) in [6.07, 6.45) is -0.284. The molecule has 4 N–H and O–H groups in total. The highest BCUT2D eigenvalue weighted by atomic mass is 19.4. The van der Waals surface area contributed by atoms with Gasteiger partial charge in [-0.3, -0.25) is 4.79 Å². The molecule has 1 aliphatic rings. The second-order valence-corrected chi connectivity index (χ2v) is 9.60. The molecule has 0 atom stereocenters. The molecule has 7 nitrogen and oxygen atoms in total. The maximum Gasteiger partial charge on any atom is 0.406 e. The zero-order valence-corrected chi connectivity index (χ0v) is 22.3. The number of nitrogens with one attached hydrogen (secondary N) is 4. The van der Waals surface area contributed by atoms with Crippen molar-refractivity contribution in [1.82, 2.24) is 15.2 Å². The van der Waals surface area contributed by atoms with E-state index in [9.17, 15) is 18.0 Å². The largest absolute Gasteiger partial charge is 0.495 e. The summed E-state index contributed by atoms with van der Waals surface area (Å²) in [4.78, 5) is 11.9. The lowest BCUT2D eigenvalue weighted by molar-refractivity contribution is -0.140. The van der Waals surface area contributed by atoms with Crippen LogP contribution in [0.5, 0.6) is 5.75 Å². The molecule has 0 saturated heterocycles. The molecule has 4 rings (SSSR count). The molecule has 0 unspecified atom stereocenters. The van der Waals surface area contributed by atoms with Gasteiger partial charge in [-0.15, -0.1) is 0 Å². The summed E-state index contributed by atoms with van der Waals surface area (Å²) in [5.41, 5.74) is 2.67. The van der Waals surface area contributed by atoms with E-state index < -0.39 is 12.7 Å². The Hall–Kier alpha value is -3.84. The molecule has 10 heteroatoms. The number of nitrogens with zero attached hydrogens (tertiary/aromatic N) is 1. The number of hydrogen-bond donors (Lipinski definition) is 4. The number of benzene rings is 2. The third-order valence-electron chi connectivity index (χ3n) is 7.05. The Morgan fingerprint density at radius 2 is 1.73 bits per heavy atom. The molecule has 0 spiro atoms. The van der Waals surface area contributed by atoms with Gasteiger partial charge in [0.15, 0.2) is 0 Å². The number of carbonyl (C=O) groups excluding carboxylic acids is 1. The van der Waals surface area contributed by atoms with Crippen LogP contribution in [-0.2, 0) is 6.54 Å². The number of ether oxygens (including phenoxy) is 1. The van der Waals surface area contributed by atoms with Gasteiger partial charge in [-0.05, 0) is 75.0 Å². The first-order chi connectivity index (χ1) is 18.7. The Labute approximate surface area is 241 Å². The van der Waals surface area contributed by atoms with Crippen LogP contribution in [0, 0.1) is 11.8 Å². The number of amides is 1. The van der Waals surface area contributed by atoms with Crippen molar-refractivity contribution in [3.63, 3.8) is 0 Å². The summed E-state index contributed by atoms with van der Waals surface area (Å²) in [5, 5.41) is 13.3. The first-order valence-corrected chi connectivity index (χ1v) is 13.0. The van der Waals surface area contributed by atoms with E-state index in [0.717, 1.165) is 36.8 Å². The first kappa shape index (κ1) is 33.4. The molecule has 0 bridgehead atoms. The summed E-state index contributed by atoms with van der Waals surface area (Å²) in [6, 6.07) is 12.9. The number of carbonyl (C=O) groups is 1. The van der Waals surface area contributed by atoms with Crippen LogP contribution in [0.25, 0.3) is 10.9 Å². The number of alkyl halides is 3. The van der Waals surface area contributed by atoms with E-state index in [0.29, 0.717) is 34.3 Å². The van der Waals surface area contributed by atoms with E-state index in [-0.39, 0.29) is 33.3 Å². The molecular formula is C31H42F3N5O2. The van der Waals surface area contributed by atoms with Crippen LogP contribution in [0.15, 0.2) is 42.5 Å². The predicted octanol–water partition coefficient (Wildman–Crippen LogP) is 6.25. The number of hydrogen-bond acceptors (Lipinski definition) is 5. The predicted molar refractivity (Wildman–Crippen MR) is 162 cm³/mol. The fraction of sp³-hybridized carbons (Fsp3) is 0.452. The summed E-state index contributed by atoms with van der Waals surface area (Å²) >= 11 is 0. The van der Waals surface area contributed by atoms with Gasteiger partial charge in [0.05, 0.1) is 30.6 Å². The Bertz CT molecular complexity index is 1370. The SMILES string of the molecule is C.C.CNC(=O)c1ccc(NCC#Cc2cc3c(NC4CCC(NC)CC4)cccc3n2CC(F)(F)F)c(OC)c1. The first-order valence-electron chi connectivity index (χ1n) is 13.0. The van der Waals surface area contributed by atoms with Gasteiger partial charge < -0.3 is 30.6 Å². The lowest BCUT2D eigenvalue weighted by Crippen LogP contribution is -2.34. The van der Waals surface area contributed by atoms with Crippen LogP contribution >= 0.6 is 0 Å². The number of methoxy groups -OCH3 is 1. The normalized spacial score (nSPS) is 16.4. The van der Waals surface area contributed by atoms with Crippen LogP contribution in [0.1, 0.15) is 56.6 Å². The minimum atomic E-state index is -4.39. The third-order valence-corrected chi connectivity index (χ3v) is 7.05. The van der Waals surface area contributed by atoms with Crippen molar-refractivity contribution >= 4 is 28.2 Å². The van der Waals surface area contributed by atoms with E-state index in [1.807, 2.05) is 13.1 Å². The molecule has 1 heterocycles. The molecule has 224 valence electrons. The second kappa shape index (κ2) is 14.7. The van der Waals surface area contributed by atoms with Gasteiger partial charge >= 0.3 is 6.18 Å². The number of aromatic nitrogens is 1. The van der Waals surface area contributed by atoms with Gasteiger partial charge in [-0.2, -0.15) is 13.2 Å². The molecule has 3 aromatic rings. The Kier molecular flexibility index (Phi) is 12.0. The molecule has 1 saturated carbocycles. The van der Waals surface area contributed by atoms with Crippen LogP contribution in [0.4, 0.5) is 24.5 Å². The second-order valence-electron chi connectivity index (χ2n) is 9.60. The molecule has 41 heavy (non-hydrogen) atoms. The number of halogens is 3. The minimum absolute atomic E-state index is 0. The van der Waals surface area contributed by atoms with Crippen molar-refractivity contribution in [1.29, 1.82) is 0 Å². The van der Waals surface area contributed by atoms with E-state index in [4.69, 9.17) is 4.74 Å². The Morgan fingerprint density at radius 1 is 1.02 bits per heavy atom. The highest BCUT2D eigenvalue weighted by Gasteiger charge is 2.30. The van der Waals surface area contributed by atoms with Gasteiger partial charge in [0.1, 0.15) is 12.3 Å². The number of fused-ring (bicyclic) bond motifs is 1. The van der Waals surface area contributed by atoms with Gasteiger partial charge in [0, 0.05) is 35.8 Å². The zero-order chi connectivity index (χ0) is 28.0. The lowest BCUT2D eigenvalue weighted by Gasteiger charge is -2.29. The van der Waals surface area contributed by atoms with Crippen LogP contribution < -0.4 is 26.0 Å². The van der Waals surface area contributed by atoms with Crippen LogP contribution in [0.3, 0.4) is 0 Å². The maximum absolute atomic E-state index is 13.5. The molecule has 0 aliphatic heterocycles. The third kappa shape index (κ3) is 8.33. The molecule has 1 aromatic heterocycles. The molecular weight excluding hydrogens is 531 g/mol. The van der Waals surface area contributed by atoms with Crippen molar-refractivity contribution in [3.8, 4) is 17.6 Å². The van der Waals surface area contributed by atoms with E-state index in [1.165, 1.54) is 11.7 Å². The fourth-order valence-electron chi connectivity index (χ4n) is 5.01. The van der Waals surface area contributed by atoms with Gasteiger partial charge in [0.2, 0.25) is 0 Å². The molecule has 1 fully saturated rings. The zero-order valence-electron chi connectivity index (χ0n) is 22.3. The lowest BCUT2D eigenvalue weighted by atomic mass is 9.91. The topological polar surface area (TPSA) is 79.4 Å². The monoisotopic (exact) mass is 573 g/mol. The highest BCUT2D eigenvalue weighted by Crippen LogP contribution is 2.32. The summed E-state index contributed by atoms with van der Waals surface area (Å²) in [6.45, 7) is -0.956. The summed E-state index contributed by atoms with van der Waals surface area (Å²) < 4.78 is 47.2. The quantitative estimate of drug-likeness (QED) is 0.240. The van der Waals surface area contributed by atoms with Crippen LogP contribution in [-0.4, -0.2) is 56.5 Å². The van der Waals surface area contributed by atoms with Gasteiger partial charge in [-0.1, -0.05) is 26.8 Å². The van der Waals surface area contributed by atoms with Gasteiger partial charge in [-0.25, -0.2) is 0 Å². The Morgan fingerprint density at radius 3 is 2.37 bits per heavy atom. The number of rotatable bonds is 8. The van der Waals surface area contributed by atoms with Crippen molar-refractivity contribution in [3.05, 3.63) is 53.7 Å². The average Bonchev–Trinajstić information content (AvgIpc) is 3.27. The smallest absolute Gasteiger partial charge is 0.406 e. The van der Waals surface area contributed by atoms with Crippen molar-refractivity contribution in [2.45, 2.75) is 65.3 Å². The van der Waals surface area contributed by atoms with Crippen molar-refractivity contribution in [2.75, 3.05) is 38.4 Å². The van der Waals surface area contributed by atoms with Crippen LogP contribution in [0.2, 0.25) is 0 Å². The molecule has 0 radical (unpaired) electrons. The van der Waals surface area contributed by atoms with Gasteiger partial charge in [0.25, 0.3) is 5.91 Å².